The van der Waals surface area contributed by atoms with Gasteiger partial charge in [-0.15, -0.1) is 0 Å². The quantitative estimate of drug-likeness (QED) is 0.857. The van der Waals surface area contributed by atoms with Crippen LogP contribution < -0.4 is 5.73 Å². The Kier molecular flexibility index (Phi) is 6.11. The minimum Gasteiger partial charge on any atom is -0.375 e. The Bertz CT molecular complexity index is 806. The average molecular weight is 387 g/mol. The highest BCUT2D eigenvalue weighted by Gasteiger charge is 2.32. The number of nitrogens with two attached hydrogens (primary N) is 1. The number of hydrogen-bond acceptors (Lipinski definition) is 5. The first-order valence-electron chi connectivity index (χ1n) is 9.41. The largest absolute Gasteiger partial charge is 0.375 e. The van der Waals surface area contributed by atoms with Crippen molar-refractivity contribution in [2.75, 3.05) is 18.8 Å². The smallest absolute Gasteiger partial charge is 0.266 e. The van der Waals surface area contributed by atoms with E-state index in [4.69, 9.17) is 5.73 Å². The van der Waals surface area contributed by atoms with E-state index in [1.807, 2.05) is 42.2 Å². The fraction of sp³-hybridized carbons (Fsp3) is 0.450. The number of nitrogen functional groups attached to an aromatic ring is 1. The molecule has 2 heterocycles. The zero-order valence-corrected chi connectivity index (χ0v) is 16.7. The number of nitrogens with zero attached hydrogens (tertiary/aromatic N) is 3. The Labute approximate surface area is 164 Å². The second kappa shape index (κ2) is 8.52. The number of anilines is 1. The SMILES string of the molecule is CCc1nc(N)sc1C(=O)N1CCC(=O)N(Cc2ccccc2)[C@@H](CC)C1. The van der Waals surface area contributed by atoms with E-state index in [-0.39, 0.29) is 17.9 Å². The maximum atomic E-state index is 13.1. The highest BCUT2D eigenvalue weighted by molar-refractivity contribution is 7.17. The predicted molar refractivity (Wildman–Crippen MR) is 107 cm³/mol. The molecule has 0 bridgehead atoms. The molecule has 1 aromatic heterocycles. The van der Waals surface area contributed by atoms with E-state index >= 15 is 0 Å². The predicted octanol–water partition coefficient (Wildman–Crippen LogP) is 2.94. The minimum absolute atomic E-state index is 0.000462. The van der Waals surface area contributed by atoms with Gasteiger partial charge in [0.15, 0.2) is 5.13 Å². The van der Waals surface area contributed by atoms with Crippen LogP contribution in [0, 0.1) is 0 Å². The third kappa shape index (κ3) is 4.30. The van der Waals surface area contributed by atoms with E-state index in [1.165, 1.54) is 11.3 Å². The van der Waals surface area contributed by atoms with Crippen LogP contribution in [-0.4, -0.2) is 45.7 Å². The van der Waals surface area contributed by atoms with Crippen molar-refractivity contribution in [2.45, 2.75) is 45.7 Å². The van der Waals surface area contributed by atoms with E-state index in [1.54, 1.807) is 4.90 Å². The van der Waals surface area contributed by atoms with Gasteiger partial charge in [0, 0.05) is 32.1 Å². The Balaban J connectivity index is 1.80. The van der Waals surface area contributed by atoms with Crippen molar-refractivity contribution in [3.63, 3.8) is 0 Å². The van der Waals surface area contributed by atoms with Gasteiger partial charge in [-0.05, 0) is 18.4 Å². The van der Waals surface area contributed by atoms with Crippen molar-refractivity contribution in [3.8, 4) is 0 Å². The molecule has 27 heavy (non-hydrogen) atoms. The summed E-state index contributed by atoms with van der Waals surface area (Å²) in [7, 11) is 0. The molecule has 2 amide bonds. The molecule has 6 nitrogen and oxygen atoms in total. The van der Waals surface area contributed by atoms with Crippen LogP contribution in [0.4, 0.5) is 5.13 Å². The lowest BCUT2D eigenvalue weighted by atomic mass is 10.1. The lowest BCUT2D eigenvalue weighted by Crippen LogP contribution is -2.43. The van der Waals surface area contributed by atoms with Gasteiger partial charge < -0.3 is 15.5 Å². The van der Waals surface area contributed by atoms with Gasteiger partial charge in [0.1, 0.15) is 4.88 Å². The van der Waals surface area contributed by atoms with Crippen LogP contribution in [0.3, 0.4) is 0 Å². The van der Waals surface area contributed by atoms with Gasteiger partial charge in [-0.25, -0.2) is 4.98 Å². The number of aromatic nitrogens is 1. The van der Waals surface area contributed by atoms with Crippen molar-refractivity contribution in [1.29, 1.82) is 0 Å². The Morgan fingerprint density at radius 1 is 1.30 bits per heavy atom. The molecule has 3 rings (SSSR count). The topological polar surface area (TPSA) is 79.5 Å². The molecule has 144 valence electrons. The zero-order chi connectivity index (χ0) is 19.4. The second-order valence-electron chi connectivity index (χ2n) is 6.75. The Hall–Kier alpha value is -2.41. The number of benzene rings is 1. The van der Waals surface area contributed by atoms with Crippen molar-refractivity contribution < 1.29 is 9.59 Å². The molecule has 0 unspecified atom stereocenters. The molecular weight excluding hydrogens is 360 g/mol. The number of carbonyl (C=O) groups excluding carboxylic acids is 2. The summed E-state index contributed by atoms with van der Waals surface area (Å²) in [5.41, 5.74) is 7.66. The van der Waals surface area contributed by atoms with Gasteiger partial charge in [0.05, 0.1) is 5.69 Å². The molecule has 1 saturated heterocycles. The summed E-state index contributed by atoms with van der Waals surface area (Å²) in [5, 5.41) is 0.416. The second-order valence-corrected chi connectivity index (χ2v) is 7.78. The maximum Gasteiger partial charge on any atom is 0.266 e. The summed E-state index contributed by atoms with van der Waals surface area (Å²) < 4.78 is 0. The summed E-state index contributed by atoms with van der Waals surface area (Å²) in [5.74, 6) is 0.0365. The molecule has 1 aliphatic heterocycles. The molecular formula is C20H26N4O2S. The summed E-state index contributed by atoms with van der Waals surface area (Å²) in [6.45, 7) is 5.57. The lowest BCUT2D eigenvalue weighted by Gasteiger charge is -2.31. The number of carbonyl (C=O) groups is 2. The molecule has 1 fully saturated rings. The first kappa shape index (κ1) is 19.4. The Morgan fingerprint density at radius 2 is 2.04 bits per heavy atom. The molecule has 2 aromatic rings. The summed E-state index contributed by atoms with van der Waals surface area (Å²) in [4.78, 5) is 34.5. The molecule has 1 aliphatic rings. The molecule has 1 atom stereocenters. The van der Waals surface area contributed by atoms with Crippen LogP contribution in [0.25, 0.3) is 0 Å². The van der Waals surface area contributed by atoms with Crippen molar-refractivity contribution >= 4 is 28.3 Å². The number of rotatable bonds is 5. The standard InChI is InChI=1S/C20H26N4O2S/c1-3-15-13-23(19(26)18-16(4-2)22-20(21)27-18)11-10-17(25)24(15)12-14-8-6-5-7-9-14/h5-9,15H,3-4,10-13H2,1-2H3,(H2,21,22)/t15-/m0/s1. The van der Waals surface area contributed by atoms with Gasteiger partial charge in [-0.3, -0.25) is 9.59 Å². The molecule has 1 aromatic carbocycles. The van der Waals surface area contributed by atoms with E-state index in [2.05, 4.69) is 11.9 Å². The van der Waals surface area contributed by atoms with Gasteiger partial charge >= 0.3 is 0 Å². The van der Waals surface area contributed by atoms with Crippen molar-refractivity contribution in [3.05, 3.63) is 46.5 Å². The van der Waals surface area contributed by atoms with Gasteiger partial charge in [0.2, 0.25) is 5.91 Å². The fourth-order valence-electron chi connectivity index (χ4n) is 3.47. The Morgan fingerprint density at radius 3 is 2.70 bits per heavy atom. The molecule has 0 saturated carbocycles. The third-order valence-electron chi connectivity index (χ3n) is 4.99. The van der Waals surface area contributed by atoms with E-state index in [0.29, 0.717) is 42.5 Å². The van der Waals surface area contributed by atoms with Crippen LogP contribution in [-0.2, 0) is 17.8 Å². The van der Waals surface area contributed by atoms with E-state index in [9.17, 15) is 9.59 Å². The number of thiazole rings is 1. The number of aryl methyl sites for hydroxylation is 1. The molecule has 0 aliphatic carbocycles. The molecule has 7 heteroatoms. The summed E-state index contributed by atoms with van der Waals surface area (Å²) in [6.07, 6.45) is 1.80. The van der Waals surface area contributed by atoms with E-state index < -0.39 is 0 Å². The van der Waals surface area contributed by atoms with Crippen molar-refractivity contribution in [1.82, 2.24) is 14.8 Å². The third-order valence-corrected chi connectivity index (χ3v) is 5.90. The lowest BCUT2D eigenvalue weighted by molar-refractivity contribution is -0.133. The summed E-state index contributed by atoms with van der Waals surface area (Å²) >= 11 is 1.24. The van der Waals surface area contributed by atoms with Gasteiger partial charge in [-0.2, -0.15) is 0 Å². The monoisotopic (exact) mass is 386 g/mol. The molecule has 2 N–H and O–H groups in total. The van der Waals surface area contributed by atoms with Crippen LogP contribution in [0.1, 0.15) is 47.6 Å². The zero-order valence-electron chi connectivity index (χ0n) is 15.9. The van der Waals surface area contributed by atoms with Gasteiger partial charge in [0.25, 0.3) is 5.91 Å². The van der Waals surface area contributed by atoms with Crippen molar-refractivity contribution in [2.24, 2.45) is 0 Å². The van der Waals surface area contributed by atoms with Gasteiger partial charge in [-0.1, -0.05) is 55.5 Å². The number of hydrogen-bond donors (Lipinski definition) is 1. The highest BCUT2D eigenvalue weighted by atomic mass is 32.1. The van der Waals surface area contributed by atoms with Crippen LogP contribution in [0.5, 0.6) is 0 Å². The fourth-order valence-corrected chi connectivity index (χ4v) is 4.36. The first-order chi connectivity index (χ1) is 13.0. The normalized spacial score (nSPS) is 17.9. The summed E-state index contributed by atoms with van der Waals surface area (Å²) in [6, 6.07) is 9.99. The average Bonchev–Trinajstić information content (AvgIpc) is 2.99. The van der Waals surface area contributed by atoms with Crippen LogP contribution in [0.15, 0.2) is 30.3 Å². The molecule has 0 radical (unpaired) electrons. The number of amides is 2. The van der Waals surface area contributed by atoms with Crippen LogP contribution in [0.2, 0.25) is 0 Å². The minimum atomic E-state index is -0.0612. The van der Waals surface area contributed by atoms with E-state index in [0.717, 1.165) is 17.7 Å². The highest BCUT2D eigenvalue weighted by Crippen LogP contribution is 2.25. The first-order valence-corrected chi connectivity index (χ1v) is 10.2. The molecule has 0 spiro atoms. The maximum absolute atomic E-state index is 13.1. The van der Waals surface area contributed by atoms with Crippen LogP contribution >= 0.6 is 11.3 Å².